The summed E-state index contributed by atoms with van der Waals surface area (Å²) in [5.74, 6) is 2.75. The highest BCUT2D eigenvalue weighted by Gasteiger charge is 2.23. The normalized spacial score (nSPS) is 15.6. The predicted molar refractivity (Wildman–Crippen MR) is 126 cm³/mol. The largest absolute Gasteiger partial charge is 0.494 e. The van der Waals surface area contributed by atoms with E-state index in [0.717, 1.165) is 30.2 Å². The van der Waals surface area contributed by atoms with Crippen LogP contribution in [0.3, 0.4) is 0 Å². The molecule has 0 bridgehead atoms. The maximum absolute atomic E-state index is 10.3. The fraction of sp³-hybridized carbons (Fsp3) is 0.333. The van der Waals surface area contributed by atoms with Gasteiger partial charge in [0.15, 0.2) is 0 Å². The Hall–Kier alpha value is -3.02. The van der Waals surface area contributed by atoms with Gasteiger partial charge in [-0.3, -0.25) is 0 Å². The second kappa shape index (κ2) is 11.0. The number of rotatable bonds is 10. The molecule has 32 heavy (non-hydrogen) atoms. The minimum absolute atomic E-state index is 0.240. The van der Waals surface area contributed by atoms with E-state index in [1.807, 2.05) is 43.3 Å². The first-order valence-corrected chi connectivity index (χ1v) is 11.3. The van der Waals surface area contributed by atoms with Gasteiger partial charge in [0.05, 0.1) is 6.61 Å². The van der Waals surface area contributed by atoms with Crippen LogP contribution in [0.4, 0.5) is 0 Å². The molecule has 0 amide bonds. The van der Waals surface area contributed by atoms with Crippen LogP contribution in [0.15, 0.2) is 72.8 Å². The molecule has 4 rings (SSSR count). The second-order valence-corrected chi connectivity index (χ2v) is 7.94. The number of benzene rings is 3. The third-order valence-electron chi connectivity index (χ3n) is 5.67. The average molecular weight is 434 g/mol. The van der Waals surface area contributed by atoms with Gasteiger partial charge in [-0.2, -0.15) is 0 Å². The lowest BCUT2D eigenvalue weighted by Crippen LogP contribution is -2.32. The quantitative estimate of drug-likeness (QED) is 0.460. The molecule has 0 fully saturated rings. The van der Waals surface area contributed by atoms with E-state index in [2.05, 4.69) is 41.7 Å². The predicted octanol–water partition coefficient (Wildman–Crippen LogP) is 4.53. The second-order valence-electron chi connectivity index (χ2n) is 7.94. The van der Waals surface area contributed by atoms with Crippen molar-refractivity contribution in [1.29, 1.82) is 0 Å². The minimum Gasteiger partial charge on any atom is -0.494 e. The lowest BCUT2D eigenvalue weighted by atomic mass is 9.86. The SMILES string of the molecule is CCOc1ccc(OCC(O)CNCCC2c3ccccc3COc3ccccc32)cc1. The summed E-state index contributed by atoms with van der Waals surface area (Å²) in [5, 5.41) is 13.7. The third kappa shape index (κ3) is 5.61. The van der Waals surface area contributed by atoms with Crippen molar-refractivity contribution < 1.29 is 19.3 Å². The zero-order chi connectivity index (χ0) is 22.2. The zero-order valence-electron chi connectivity index (χ0n) is 18.5. The highest BCUT2D eigenvalue weighted by molar-refractivity contribution is 5.46. The van der Waals surface area contributed by atoms with Gasteiger partial charge in [0.2, 0.25) is 0 Å². The van der Waals surface area contributed by atoms with Crippen LogP contribution in [0.1, 0.15) is 36.0 Å². The molecule has 1 aliphatic heterocycles. The third-order valence-corrected chi connectivity index (χ3v) is 5.67. The number of fused-ring (bicyclic) bond motifs is 2. The Bertz CT molecular complexity index is 941. The highest BCUT2D eigenvalue weighted by atomic mass is 16.5. The molecule has 0 aromatic heterocycles. The van der Waals surface area contributed by atoms with Gasteiger partial charge >= 0.3 is 0 Å². The molecular formula is C27H31NO4. The standard InChI is InChI=1S/C27H31NO4/c1-2-30-22-11-13-23(14-12-22)31-19-21(29)17-28-16-15-25-24-8-4-3-7-20(24)18-32-27-10-6-5-9-26(25)27/h3-14,21,25,28-29H,2,15-19H2,1H3. The Morgan fingerprint density at radius 1 is 0.938 bits per heavy atom. The minimum atomic E-state index is -0.585. The summed E-state index contributed by atoms with van der Waals surface area (Å²) < 4.78 is 17.2. The van der Waals surface area contributed by atoms with Crippen LogP contribution in [0, 0.1) is 0 Å². The topological polar surface area (TPSA) is 60.0 Å². The van der Waals surface area contributed by atoms with E-state index >= 15 is 0 Å². The monoisotopic (exact) mass is 433 g/mol. The maximum atomic E-state index is 10.3. The average Bonchev–Trinajstić information content (AvgIpc) is 2.99. The first kappa shape index (κ1) is 22.2. The van der Waals surface area contributed by atoms with Crippen molar-refractivity contribution in [2.75, 3.05) is 26.3 Å². The molecule has 2 unspecified atom stereocenters. The summed E-state index contributed by atoms with van der Waals surface area (Å²) in [4.78, 5) is 0. The molecule has 1 heterocycles. The molecule has 1 aliphatic rings. The van der Waals surface area contributed by atoms with E-state index in [-0.39, 0.29) is 12.5 Å². The van der Waals surface area contributed by atoms with Crippen molar-refractivity contribution in [1.82, 2.24) is 5.32 Å². The molecule has 0 aliphatic carbocycles. The van der Waals surface area contributed by atoms with Crippen LogP contribution in [0.2, 0.25) is 0 Å². The lowest BCUT2D eigenvalue weighted by molar-refractivity contribution is 0.106. The van der Waals surface area contributed by atoms with Crippen LogP contribution < -0.4 is 19.5 Å². The van der Waals surface area contributed by atoms with E-state index < -0.39 is 6.10 Å². The summed E-state index contributed by atoms with van der Waals surface area (Å²) in [6.07, 6.45) is 0.336. The molecule has 5 heteroatoms. The van der Waals surface area contributed by atoms with Crippen molar-refractivity contribution in [3.8, 4) is 17.2 Å². The molecule has 0 spiro atoms. The van der Waals surface area contributed by atoms with Gasteiger partial charge in [-0.05, 0) is 61.3 Å². The van der Waals surface area contributed by atoms with Crippen LogP contribution in [0.25, 0.3) is 0 Å². The van der Waals surface area contributed by atoms with E-state index in [9.17, 15) is 5.11 Å². The molecule has 3 aromatic rings. The summed E-state index contributed by atoms with van der Waals surface area (Å²) >= 11 is 0. The Morgan fingerprint density at radius 3 is 2.41 bits per heavy atom. The molecule has 168 valence electrons. The number of aliphatic hydroxyl groups excluding tert-OH is 1. The fourth-order valence-electron chi connectivity index (χ4n) is 4.10. The summed E-state index contributed by atoms with van der Waals surface area (Å²) in [7, 11) is 0. The number of aliphatic hydroxyl groups is 1. The number of hydrogen-bond acceptors (Lipinski definition) is 5. The Kier molecular flexibility index (Phi) is 7.64. The van der Waals surface area contributed by atoms with Crippen molar-refractivity contribution in [3.63, 3.8) is 0 Å². The van der Waals surface area contributed by atoms with Crippen LogP contribution >= 0.6 is 0 Å². The van der Waals surface area contributed by atoms with Gasteiger partial charge in [-0.25, -0.2) is 0 Å². The Labute approximate surface area is 190 Å². The first-order chi connectivity index (χ1) is 15.7. The van der Waals surface area contributed by atoms with Crippen LogP contribution in [-0.2, 0) is 6.61 Å². The lowest BCUT2D eigenvalue weighted by Gasteiger charge is -2.20. The van der Waals surface area contributed by atoms with E-state index in [0.29, 0.717) is 19.8 Å². The van der Waals surface area contributed by atoms with Crippen molar-refractivity contribution >= 4 is 0 Å². The zero-order valence-corrected chi connectivity index (χ0v) is 18.5. The van der Waals surface area contributed by atoms with Gasteiger partial charge in [0.25, 0.3) is 0 Å². The Balaban J connectivity index is 1.28. The molecule has 0 radical (unpaired) electrons. The summed E-state index contributed by atoms with van der Waals surface area (Å²) in [6, 6.07) is 24.2. The number of hydrogen-bond donors (Lipinski definition) is 2. The first-order valence-electron chi connectivity index (χ1n) is 11.3. The van der Waals surface area contributed by atoms with Gasteiger partial charge < -0.3 is 24.6 Å². The number of ether oxygens (including phenoxy) is 3. The molecule has 5 nitrogen and oxygen atoms in total. The van der Waals surface area contributed by atoms with E-state index in [1.165, 1.54) is 16.7 Å². The molecule has 0 saturated carbocycles. The molecular weight excluding hydrogens is 402 g/mol. The van der Waals surface area contributed by atoms with Crippen LogP contribution in [0.5, 0.6) is 17.2 Å². The molecule has 3 aromatic carbocycles. The van der Waals surface area contributed by atoms with Gasteiger partial charge in [0, 0.05) is 18.0 Å². The highest BCUT2D eigenvalue weighted by Crippen LogP contribution is 2.38. The smallest absolute Gasteiger partial charge is 0.123 e. The maximum Gasteiger partial charge on any atom is 0.123 e. The van der Waals surface area contributed by atoms with Crippen molar-refractivity contribution in [2.24, 2.45) is 0 Å². The molecule has 0 saturated heterocycles. The fourth-order valence-corrected chi connectivity index (χ4v) is 4.10. The number of nitrogens with one attached hydrogen (secondary N) is 1. The molecule has 2 atom stereocenters. The van der Waals surface area contributed by atoms with Gasteiger partial charge in [0.1, 0.15) is 36.6 Å². The van der Waals surface area contributed by atoms with Crippen molar-refractivity contribution in [3.05, 3.63) is 89.5 Å². The van der Waals surface area contributed by atoms with Gasteiger partial charge in [-0.15, -0.1) is 0 Å². The van der Waals surface area contributed by atoms with E-state index in [1.54, 1.807) is 0 Å². The summed E-state index contributed by atoms with van der Waals surface area (Å²) in [6.45, 7) is 4.68. The van der Waals surface area contributed by atoms with Crippen LogP contribution in [-0.4, -0.2) is 37.5 Å². The summed E-state index contributed by atoms with van der Waals surface area (Å²) in [5.41, 5.74) is 3.77. The number of para-hydroxylation sites is 1. The van der Waals surface area contributed by atoms with Gasteiger partial charge in [-0.1, -0.05) is 42.5 Å². The Morgan fingerprint density at radius 2 is 1.62 bits per heavy atom. The molecule has 2 N–H and O–H groups in total. The van der Waals surface area contributed by atoms with Crippen molar-refractivity contribution in [2.45, 2.75) is 32.0 Å². The van der Waals surface area contributed by atoms with E-state index in [4.69, 9.17) is 14.2 Å².